The third-order valence-electron chi connectivity index (χ3n) is 5.45. The van der Waals surface area contributed by atoms with Crippen LogP contribution in [0.25, 0.3) is 50.2 Å². The first-order valence-electron chi connectivity index (χ1n) is 10.9. The van der Waals surface area contributed by atoms with Gasteiger partial charge in [0.05, 0.1) is 5.39 Å². The number of nitrogens with zero attached hydrogens (tertiary/aromatic N) is 4. The van der Waals surface area contributed by atoms with E-state index >= 15 is 0 Å². The number of hydrogen-bond donors (Lipinski definition) is 0. The van der Waals surface area contributed by atoms with E-state index in [1.807, 2.05) is 97.1 Å². The molecule has 0 bridgehead atoms. The summed E-state index contributed by atoms with van der Waals surface area (Å²) in [5.41, 5.74) is 7.21. The number of benzene rings is 3. The molecule has 0 aliphatic rings. The van der Waals surface area contributed by atoms with Gasteiger partial charge in [-0.3, -0.25) is 0 Å². The molecule has 7 rings (SSSR count). The molecular formula is C29H18IrN4O-2. The molecule has 0 aliphatic carbocycles. The molecule has 35 heavy (non-hydrogen) atoms. The van der Waals surface area contributed by atoms with E-state index < -0.39 is 0 Å². The molecule has 0 aliphatic heterocycles. The van der Waals surface area contributed by atoms with Gasteiger partial charge in [0.15, 0.2) is 11.2 Å². The van der Waals surface area contributed by atoms with E-state index in [4.69, 9.17) is 4.52 Å². The van der Waals surface area contributed by atoms with E-state index in [1.165, 1.54) is 0 Å². The zero-order chi connectivity index (χ0) is 22.7. The molecule has 1 radical (unpaired) electrons. The van der Waals surface area contributed by atoms with Crippen LogP contribution in [0.1, 0.15) is 0 Å². The van der Waals surface area contributed by atoms with E-state index in [0.717, 1.165) is 50.2 Å². The maximum Gasteiger partial charge on any atom is 0.181 e. The minimum atomic E-state index is 0. The summed E-state index contributed by atoms with van der Waals surface area (Å²) in [6.45, 7) is 0. The number of rotatable bonds is 2. The molecule has 0 fully saturated rings. The average molecular weight is 631 g/mol. The molecular weight excluding hydrogens is 613 g/mol. The second-order valence-corrected chi connectivity index (χ2v) is 7.64. The molecule has 4 heterocycles. The average Bonchev–Trinajstić information content (AvgIpc) is 3.46. The standard InChI is InChI=1S/C18H10N3O.C11H8N.Ir/c1-2-6-12(7-3-1)14-10-16-15(11-19-14)20-18-13-8-4-5-9-17(13)22-21(16)18;1-2-6-10(7-3-1)11-8-4-5-9-12-11;/h1-6,8-11H;1-6,8-9H;/q2*-1;. The van der Waals surface area contributed by atoms with E-state index in [9.17, 15) is 0 Å². The van der Waals surface area contributed by atoms with Crippen LogP contribution in [-0.2, 0) is 20.1 Å². The van der Waals surface area contributed by atoms with Crippen LogP contribution < -0.4 is 0 Å². The summed E-state index contributed by atoms with van der Waals surface area (Å²) in [7, 11) is 0. The Balaban J connectivity index is 0.000000167. The SMILES string of the molecule is [Ir].[c-]1ccccc1-c1cc2c(cn1)nc1c3ccccc3on21.[c-]1ccccc1-c1ccccn1. The van der Waals surface area contributed by atoms with E-state index in [-0.39, 0.29) is 20.1 Å². The third kappa shape index (κ3) is 4.49. The van der Waals surface area contributed by atoms with Gasteiger partial charge in [-0.15, -0.1) is 71.8 Å². The Morgan fingerprint density at radius 3 is 2.14 bits per heavy atom. The number of pyridine rings is 2. The second-order valence-electron chi connectivity index (χ2n) is 7.64. The summed E-state index contributed by atoms with van der Waals surface area (Å²) in [5.74, 6) is 0. The maximum absolute atomic E-state index is 5.91. The Hall–Kier alpha value is -4.12. The predicted octanol–water partition coefficient (Wildman–Crippen LogP) is 6.64. The molecule has 0 N–H and O–H groups in total. The van der Waals surface area contributed by atoms with Crippen LogP contribution in [-0.4, -0.2) is 19.5 Å². The van der Waals surface area contributed by atoms with Crippen molar-refractivity contribution in [3.8, 4) is 22.5 Å². The van der Waals surface area contributed by atoms with Crippen molar-refractivity contribution >= 4 is 27.6 Å². The van der Waals surface area contributed by atoms with Crippen molar-refractivity contribution in [3.63, 3.8) is 0 Å². The third-order valence-corrected chi connectivity index (χ3v) is 5.45. The first-order chi connectivity index (χ1) is 16.9. The van der Waals surface area contributed by atoms with E-state index in [0.29, 0.717) is 0 Å². The fourth-order valence-electron chi connectivity index (χ4n) is 3.83. The summed E-state index contributed by atoms with van der Waals surface area (Å²) in [6, 6.07) is 37.7. The number of hydrogen-bond acceptors (Lipinski definition) is 4. The summed E-state index contributed by atoms with van der Waals surface area (Å²) in [5, 5.41) is 1.01. The number of fused-ring (bicyclic) bond motifs is 5. The van der Waals surface area contributed by atoms with E-state index in [2.05, 4.69) is 27.1 Å². The van der Waals surface area contributed by atoms with Crippen molar-refractivity contribution in [2.45, 2.75) is 0 Å². The van der Waals surface area contributed by atoms with Crippen LogP contribution in [0.4, 0.5) is 0 Å². The molecule has 0 atom stereocenters. The summed E-state index contributed by atoms with van der Waals surface area (Å²) >= 11 is 0. The zero-order valence-corrected chi connectivity index (χ0v) is 20.8. The predicted molar refractivity (Wildman–Crippen MR) is 133 cm³/mol. The maximum atomic E-state index is 5.91. The molecule has 3 aromatic carbocycles. The van der Waals surface area contributed by atoms with Crippen LogP contribution in [0.15, 0.2) is 114 Å². The van der Waals surface area contributed by atoms with E-state index in [1.54, 1.807) is 17.0 Å². The van der Waals surface area contributed by atoms with Crippen molar-refractivity contribution in [1.82, 2.24) is 19.5 Å². The minimum Gasteiger partial charge on any atom is -0.372 e. The monoisotopic (exact) mass is 631 g/mol. The smallest absolute Gasteiger partial charge is 0.181 e. The minimum absolute atomic E-state index is 0. The second kappa shape index (κ2) is 10.0. The molecule has 5 nitrogen and oxygen atoms in total. The van der Waals surface area contributed by atoms with Gasteiger partial charge in [0.1, 0.15) is 11.0 Å². The Morgan fingerprint density at radius 2 is 1.43 bits per heavy atom. The van der Waals surface area contributed by atoms with Crippen LogP contribution in [0.5, 0.6) is 0 Å². The Bertz CT molecular complexity index is 1660. The number of para-hydroxylation sites is 1. The largest absolute Gasteiger partial charge is 0.372 e. The number of aromatic nitrogens is 4. The van der Waals surface area contributed by atoms with Gasteiger partial charge in [0.25, 0.3) is 0 Å². The first-order valence-corrected chi connectivity index (χ1v) is 10.9. The molecule has 0 unspecified atom stereocenters. The van der Waals surface area contributed by atoms with Gasteiger partial charge < -0.3 is 14.5 Å². The first kappa shape index (κ1) is 22.7. The van der Waals surface area contributed by atoms with Gasteiger partial charge in [0, 0.05) is 32.5 Å². The fraction of sp³-hybridized carbons (Fsp3) is 0. The summed E-state index contributed by atoms with van der Waals surface area (Å²) in [4.78, 5) is 13.3. The molecule has 171 valence electrons. The number of imidazole rings is 1. The van der Waals surface area contributed by atoms with Crippen molar-refractivity contribution in [3.05, 3.63) is 122 Å². The van der Waals surface area contributed by atoms with Crippen LogP contribution in [0.3, 0.4) is 0 Å². The van der Waals surface area contributed by atoms with Gasteiger partial charge in [-0.05, 0) is 35.7 Å². The van der Waals surface area contributed by atoms with Gasteiger partial charge >= 0.3 is 0 Å². The summed E-state index contributed by atoms with van der Waals surface area (Å²) < 4.78 is 7.68. The van der Waals surface area contributed by atoms with Crippen LogP contribution in [0.2, 0.25) is 0 Å². The molecule has 4 aromatic heterocycles. The normalized spacial score (nSPS) is 10.6. The zero-order valence-electron chi connectivity index (χ0n) is 18.4. The fourth-order valence-corrected chi connectivity index (χ4v) is 3.83. The quantitative estimate of drug-likeness (QED) is 0.201. The van der Waals surface area contributed by atoms with Gasteiger partial charge in [-0.1, -0.05) is 24.3 Å². The Labute approximate surface area is 215 Å². The topological polar surface area (TPSA) is 56.2 Å². The molecule has 0 saturated carbocycles. The molecule has 7 aromatic rings. The summed E-state index contributed by atoms with van der Waals surface area (Å²) in [6.07, 6.45) is 3.57. The Kier molecular flexibility index (Phi) is 6.49. The molecule has 0 saturated heterocycles. The van der Waals surface area contributed by atoms with Crippen molar-refractivity contribution < 1.29 is 24.6 Å². The molecule has 0 amide bonds. The van der Waals surface area contributed by atoms with Crippen LogP contribution in [0, 0.1) is 12.1 Å². The molecule has 0 spiro atoms. The van der Waals surface area contributed by atoms with Gasteiger partial charge in [-0.2, -0.15) is 4.57 Å². The van der Waals surface area contributed by atoms with Crippen molar-refractivity contribution in [2.75, 3.05) is 0 Å². The van der Waals surface area contributed by atoms with Crippen molar-refractivity contribution in [2.24, 2.45) is 0 Å². The van der Waals surface area contributed by atoms with Crippen LogP contribution >= 0.6 is 0 Å². The van der Waals surface area contributed by atoms with Gasteiger partial charge in [0.2, 0.25) is 0 Å². The molecule has 6 heteroatoms. The Morgan fingerprint density at radius 1 is 0.714 bits per heavy atom. The van der Waals surface area contributed by atoms with Gasteiger partial charge in [-0.25, -0.2) is 4.98 Å². The van der Waals surface area contributed by atoms with Crippen molar-refractivity contribution in [1.29, 1.82) is 0 Å².